The summed E-state index contributed by atoms with van der Waals surface area (Å²) >= 11 is 0. The van der Waals surface area contributed by atoms with E-state index >= 15 is 0 Å². The molecule has 0 aliphatic carbocycles. The number of aromatic nitrogens is 2. The van der Waals surface area contributed by atoms with Gasteiger partial charge in [-0.15, -0.1) is 0 Å². The van der Waals surface area contributed by atoms with E-state index < -0.39 is 0 Å². The van der Waals surface area contributed by atoms with E-state index in [1.54, 1.807) is 10.7 Å². The molecule has 0 unspecified atom stereocenters. The first-order valence-electron chi connectivity index (χ1n) is 4.90. The molecule has 0 radical (unpaired) electrons. The van der Waals surface area contributed by atoms with Crippen molar-refractivity contribution in [1.82, 2.24) is 9.78 Å². The Kier molecular flexibility index (Phi) is 2.62. The lowest BCUT2D eigenvalue weighted by Crippen LogP contribution is -1.98. The maximum atomic E-state index is 8.49. The van der Waals surface area contributed by atoms with Crippen molar-refractivity contribution in [3.63, 3.8) is 0 Å². The summed E-state index contributed by atoms with van der Waals surface area (Å²) in [6, 6.07) is 9.35. The van der Waals surface area contributed by atoms with Crippen LogP contribution < -0.4 is 0 Å². The topological polar surface area (TPSA) is 66.6 Å². The average Bonchev–Trinajstić information content (AvgIpc) is 2.59. The highest BCUT2D eigenvalue weighted by Crippen LogP contribution is 2.24. The molecule has 0 fully saturated rings. The predicted octanol–water partition coefficient (Wildman–Crippen LogP) is 3.43. The number of azide groups is 1. The third-order valence-electron chi connectivity index (χ3n) is 2.27. The molecular formula is C11H11N5. The number of para-hydroxylation sites is 1. The Morgan fingerprint density at radius 1 is 1.31 bits per heavy atom. The van der Waals surface area contributed by atoms with Crippen molar-refractivity contribution < 1.29 is 0 Å². The molecule has 80 valence electrons. The van der Waals surface area contributed by atoms with Crippen LogP contribution in [-0.2, 0) is 0 Å². The maximum Gasteiger partial charge on any atom is 0.0744 e. The Morgan fingerprint density at radius 2 is 2.06 bits per heavy atom. The molecule has 2 aromatic rings. The molecular weight excluding hydrogens is 202 g/mol. The van der Waals surface area contributed by atoms with Crippen LogP contribution in [0.2, 0.25) is 0 Å². The number of rotatable bonds is 2. The quantitative estimate of drug-likeness (QED) is 0.428. The first-order chi connectivity index (χ1) is 7.72. The van der Waals surface area contributed by atoms with Gasteiger partial charge in [0.05, 0.1) is 17.1 Å². The third kappa shape index (κ3) is 1.76. The molecule has 16 heavy (non-hydrogen) atoms. The molecule has 0 saturated carbocycles. The fraction of sp³-hybridized carbons (Fsp3) is 0.182. The van der Waals surface area contributed by atoms with Gasteiger partial charge in [0.2, 0.25) is 0 Å². The Labute approximate surface area is 93.0 Å². The van der Waals surface area contributed by atoms with Crippen molar-refractivity contribution in [2.24, 2.45) is 5.11 Å². The lowest BCUT2D eigenvalue weighted by molar-refractivity contribution is 0.833. The number of hydrogen-bond acceptors (Lipinski definition) is 2. The molecule has 0 aliphatic heterocycles. The van der Waals surface area contributed by atoms with Gasteiger partial charge in [-0.1, -0.05) is 23.3 Å². The van der Waals surface area contributed by atoms with Crippen LogP contribution in [-0.4, -0.2) is 9.78 Å². The summed E-state index contributed by atoms with van der Waals surface area (Å²) in [5.41, 5.74) is 11.8. The molecule has 1 aromatic heterocycles. The van der Waals surface area contributed by atoms with Gasteiger partial charge in [0.1, 0.15) is 0 Å². The molecule has 1 heterocycles. The van der Waals surface area contributed by atoms with Crippen LogP contribution in [0, 0.1) is 13.8 Å². The van der Waals surface area contributed by atoms with Gasteiger partial charge in [-0.3, -0.25) is 0 Å². The molecule has 0 aliphatic rings. The number of benzene rings is 1. The van der Waals surface area contributed by atoms with Gasteiger partial charge in [-0.2, -0.15) is 5.10 Å². The first kappa shape index (κ1) is 10.3. The van der Waals surface area contributed by atoms with Gasteiger partial charge in [-0.25, -0.2) is 4.68 Å². The van der Waals surface area contributed by atoms with Gasteiger partial charge in [0.15, 0.2) is 0 Å². The zero-order valence-corrected chi connectivity index (χ0v) is 9.12. The Morgan fingerprint density at radius 3 is 2.69 bits per heavy atom. The van der Waals surface area contributed by atoms with Crippen molar-refractivity contribution in [3.05, 3.63) is 52.2 Å². The van der Waals surface area contributed by atoms with Crippen molar-refractivity contribution in [2.45, 2.75) is 13.8 Å². The zero-order chi connectivity index (χ0) is 11.5. The van der Waals surface area contributed by atoms with Gasteiger partial charge >= 0.3 is 0 Å². The highest BCUT2D eigenvalue weighted by atomic mass is 15.3. The van der Waals surface area contributed by atoms with E-state index in [2.05, 4.69) is 15.1 Å². The van der Waals surface area contributed by atoms with Crippen LogP contribution in [0.1, 0.15) is 11.4 Å². The molecule has 0 bridgehead atoms. The summed E-state index contributed by atoms with van der Waals surface area (Å²) in [6.45, 7) is 3.90. The summed E-state index contributed by atoms with van der Waals surface area (Å²) in [7, 11) is 0. The van der Waals surface area contributed by atoms with Crippen molar-refractivity contribution in [2.75, 3.05) is 0 Å². The smallest absolute Gasteiger partial charge is 0.0744 e. The van der Waals surface area contributed by atoms with E-state index in [-0.39, 0.29) is 0 Å². The summed E-state index contributed by atoms with van der Waals surface area (Å²) in [4.78, 5) is 2.81. The van der Waals surface area contributed by atoms with Crippen LogP contribution in [0.25, 0.3) is 16.1 Å². The molecule has 0 atom stereocenters. The van der Waals surface area contributed by atoms with E-state index in [1.807, 2.05) is 38.1 Å². The van der Waals surface area contributed by atoms with Crippen LogP contribution in [0.3, 0.4) is 0 Å². The highest BCUT2D eigenvalue weighted by Gasteiger charge is 2.06. The molecule has 2 rings (SSSR count). The normalized spacial score (nSPS) is 9.88. The van der Waals surface area contributed by atoms with E-state index in [0.717, 1.165) is 17.1 Å². The second-order valence-electron chi connectivity index (χ2n) is 3.52. The standard InChI is InChI=1S/C11H11N5/c1-8-7-9(2)16(14-8)11-6-4-3-5-10(11)13-15-12/h3-7H,1-2H3. The van der Waals surface area contributed by atoms with Crippen LogP contribution in [0.5, 0.6) is 0 Å². The maximum absolute atomic E-state index is 8.49. The second kappa shape index (κ2) is 4.08. The van der Waals surface area contributed by atoms with E-state index in [1.165, 1.54) is 0 Å². The first-order valence-corrected chi connectivity index (χ1v) is 4.90. The molecule has 0 spiro atoms. The second-order valence-corrected chi connectivity index (χ2v) is 3.52. The Balaban J connectivity index is 2.63. The van der Waals surface area contributed by atoms with E-state index in [9.17, 15) is 0 Å². The lowest BCUT2D eigenvalue weighted by Gasteiger charge is -2.06. The number of nitrogens with zero attached hydrogens (tertiary/aromatic N) is 5. The molecule has 0 N–H and O–H groups in total. The summed E-state index contributed by atoms with van der Waals surface area (Å²) in [5.74, 6) is 0. The fourth-order valence-electron chi connectivity index (χ4n) is 1.65. The molecule has 5 heteroatoms. The summed E-state index contributed by atoms with van der Waals surface area (Å²) in [5, 5.41) is 8.01. The molecule has 0 saturated heterocycles. The molecule has 5 nitrogen and oxygen atoms in total. The van der Waals surface area contributed by atoms with E-state index in [4.69, 9.17) is 5.53 Å². The van der Waals surface area contributed by atoms with Crippen molar-refractivity contribution in [3.8, 4) is 5.69 Å². The van der Waals surface area contributed by atoms with Gasteiger partial charge in [0.25, 0.3) is 0 Å². The minimum absolute atomic E-state index is 0.580. The summed E-state index contributed by atoms with van der Waals surface area (Å²) < 4.78 is 1.78. The summed E-state index contributed by atoms with van der Waals surface area (Å²) in [6.07, 6.45) is 0. The molecule has 1 aromatic carbocycles. The van der Waals surface area contributed by atoms with Crippen LogP contribution >= 0.6 is 0 Å². The van der Waals surface area contributed by atoms with Gasteiger partial charge in [-0.05, 0) is 31.5 Å². The minimum Gasteiger partial charge on any atom is -0.237 e. The van der Waals surface area contributed by atoms with E-state index in [0.29, 0.717) is 5.69 Å². The Hall–Kier alpha value is -2.26. The monoisotopic (exact) mass is 213 g/mol. The fourth-order valence-corrected chi connectivity index (χ4v) is 1.65. The van der Waals surface area contributed by atoms with Gasteiger partial charge < -0.3 is 0 Å². The predicted molar refractivity (Wildman–Crippen MR) is 61.8 cm³/mol. The van der Waals surface area contributed by atoms with Crippen molar-refractivity contribution >= 4 is 5.69 Å². The third-order valence-corrected chi connectivity index (χ3v) is 2.27. The van der Waals surface area contributed by atoms with Crippen LogP contribution in [0.15, 0.2) is 35.4 Å². The Bertz CT molecular complexity index is 564. The number of hydrogen-bond donors (Lipinski definition) is 0. The lowest BCUT2D eigenvalue weighted by atomic mass is 10.2. The SMILES string of the molecule is Cc1cc(C)n(-c2ccccc2N=[N+]=[N-])n1. The van der Waals surface area contributed by atoms with Gasteiger partial charge in [0, 0.05) is 10.6 Å². The highest BCUT2D eigenvalue weighted by molar-refractivity contribution is 5.56. The van der Waals surface area contributed by atoms with Crippen molar-refractivity contribution in [1.29, 1.82) is 0 Å². The minimum atomic E-state index is 0.580. The van der Waals surface area contributed by atoms with Crippen LogP contribution in [0.4, 0.5) is 5.69 Å². The average molecular weight is 213 g/mol. The largest absolute Gasteiger partial charge is 0.237 e. The molecule has 0 amide bonds. The zero-order valence-electron chi connectivity index (χ0n) is 9.12. The number of aryl methyl sites for hydroxylation is 2.